The van der Waals surface area contributed by atoms with Gasteiger partial charge in [0.1, 0.15) is 34.5 Å². The van der Waals surface area contributed by atoms with E-state index in [2.05, 4.69) is 10.3 Å². The van der Waals surface area contributed by atoms with Gasteiger partial charge in [-0.2, -0.15) is 0 Å². The van der Waals surface area contributed by atoms with Crippen molar-refractivity contribution >= 4 is 17.4 Å². The van der Waals surface area contributed by atoms with Crippen LogP contribution in [0.5, 0.6) is 11.5 Å². The van der Waals surface area contributed by atoms with Crippen molar-refractivity contribution in [2.24, 2.45) is 0 Å². The number of aryl methyl sites for hydroxylation is 1. The van der Waals surface area contributed by atoms with E-state index in [-0.39, 0.29) is 11.7 Å². The number of fused-ring (bicyclic) bond motifs is 1. The van der Waals surface area contributed by atoms with Crippen LogP contribution in [0.1, 0.15) is 15.9 Å². The van der Waals surface area contributed by atoms with E-state index in [0.29, 0.717) is 39.8 Å². The Morgan fingerprint density at radius 3 is 2.30 bits per heavy atom. The van der Waals surface area contributed by atoms with Crippen molar-refractivity contribution in [1.82, 2.24) is 9.38 Å². The molecule has 30 heavy (non-hydrogen) atoms. The maximum absolute atomic E-state index is 13.4. The van der Waals surface area contributed by atoms with Gasteiger partial charge >= 0.3 is 0 Å². The minimum atomic E-state index is -0.349. The molecule has 4 aromatic rings. The zero-order valence-corrected chi connectivity index (χ0v) is 16.8. The molecule has 6 nitrogen and oxygen atoms in total. The fraction of sp³-hybridized carbons (Fsp3) is 0.130. The fourth-order valence-corrected chi connectivity index (χ4v) is 3.19. The highest BCUT2D eigenvalue weighted by molar-refractivity contribution is 6.06. The van der Waals surface area contributed by atoms with Gasteiger partial charge < -0.3 is 14.8 Å². The number of ether oxygens (including phenoxy) is 2. The summed E-state index contributed by atoms with van der Waals surface area (Å²) in [7, 11) is 3.05. The van der Waals surface area contributed by atoms with Gasteiger partial charge in [-0.25, -0.2) is 9.37 Å². The molecule has 0 aliphatic rings. The largest absolute Gasteiger partial charge is 0.497 e. The summed E-state index contributed by atoms with van der Waals surface area (Å²) in [4.78, 5) is 17.7. The van der Waals surface area contributed by atoms with E-state index in [0.717, 1.165) is 5.56 Å². The van der Waals surface area contributed by atoms with Crippen LogP contribution < -0.4 is 14.8 Å². The van der Waals surface area contributed by atoms with Crippen LogP contribution in [-0.2, 0) is 0 Å². The standard InChI is InChI=1S/C23H20FN3O3/c1-14-8-9-27-20(10-14)25-21(15-4-6-17(24)7-5-15)22(27)26-23(28)16-11-18(29-2)13-19(12-16)30-3/h4-13H,1-3H3,(H,26,28). The molecule has 0 radical (unpaired) electrons. The molecule has 0 aliphatic heterocycles. The second-order valence-corrected chi connectivity index (χ2v) is 6.80. The van der Waals surface area contributed by atoms with Gasteiger partial charge in [-0.1, -0.05) is 0 Å². The van der Waals surface area contributed by atoms with Crippen LogP contribution in [0, 0.1) is 12.7 Å². The number of nitrogens with zero attached hydrogens (tertiary/aromatic N) is 2. The average Bonchev–Trinajstić information content (AvgIpc) is 3.10. The molecule has 0 atom stereocenters. The number of hydrogen-bond acceptors (Lipinski definition) is 4. The maximum Gasteiger partial charge on any atom is 0.257 e. The highest BCUT2D eigenvalue weighted by Crippen LogP contribution is 2.30. The SMILES string of the molecule is COc1cc(OC)cc(C(=O)Nc2c(-c3ccc(F)cc3)nc3cc(C)ccn23)c1. The number of aromatic nitrogens is 2. The first-order valence-corrected chi connectivity index (χ1v) is 9.27. The second-order valence-electron chi connectivity index (χ2n) is 6.80. The molecule has 2 heterocycles. The Bertz CT molecular complexity index is 1210. The Hall–Kier alpha value is -3.87. The number of hydrogen-bond donors (Lipinski definition) is 1. The van der Waals surface area contributed by atoms with E-state index in [1.54, 1.807) is 34.7 Å². The number of rotatable bonds is 5. The van der Waals surface area contributed by atoms with Gasteiger partial charge in [0.05, 0.1) is 14.2 Å². The first kappa shape index (κ1) is 19.4. The van der Waals surface area contributed by atoms with Crippen molar-refractivity contribution < 1.29 is 18.7 Å². The Labute approximate surface area is 172 Å². The van der Waals surface area contributed by atoms with Gasteiger partial charge in [0.15, 0.2) is 0 Å². The summed E-state index contributed by atoms with van der Waals surface area (Å²) in [5, 5.41) is 2.94. The number of nitrogens with one attached hydrogen (secondary N) is 1. The molecule has 0 bridgehead atoms. The molecular weight excluding hydrogens is 385 g/mol. The van der Waals surface area contributed by atoms with E-state index < -0.39 is 0 Å². The lowest BCUT2D eigenvalue weighted by Crippen LogP contribution is -2.14. The van der Waals surface area contributed by atoms with Crippen LogP contribution in [0.15, 0.2) is 60.8 Å². The minimum absolute atomic E-state index is 0.340. The molecule has 2 aromatic carbocycles. The third-order valence-electron chi connectivity index (χ3n) is 4.74. The molecule has 0 fully saturated rings. The van der Waals surface area contributed by atoms with Gasteiger partial charge in [-0.3, -0.25) is 9.20 Å². The van der Waals surface area contributed by atoms with Crippen LogP contribution in [-0.4, -0.2) is 29.5 Å². The molecule has 7 heteroatoms. The van der Waals surface area contributed by atoms with Crippen molar-refractivity contribution in [3.05, 3.63) is 77.7 Å². The number of pyridine rings is 1. The molecule has 0 unspecified atom stereocenters. The topological polar surface area (TPSA) is 64.9 Å². The molecule has 0 saturated heterocycles. The third-order valence-corrected chi connectivity index (χ3v) is 4.74. The van der Waals surface area contributed by atoms with Crippen molar-refractivity contribution in [2.75, 3.05) is 19.5 Å². The molecular formula is C23H20FN3O3. The number of methoxy groups -OCH3 is 2. The number of halogens is 1. The van der Waals surface area contributed by atoms with E-state index in [4.69, 9.17) is 9.47 Å². The predicted molar refractivity (Wildman–Crippen MR) is 113 cm³/mol. The molecule has 4 rings (SSSR count). The molecule has 1 amide bonds. The molecule has 0 spiro atoms. The summed E-state index contributed by atoms with van der Waals surface area (Å²) in [6, 6.07) is 14.8. The molecule has 152 valence electrons. The van der Waals surface area contributed by atoms with Gasteiger partial charge in [0, 0.05) is 23.4 Å². The number of amides is 1. The van der Waals surface area contributed by atoms with Crippen molar-refractivity contribution in [1.29, 1.82) is 0 Å². The molecule has 0 saturated carbocycles. The van der Waals surface area contributed by atoms with Gasteiger partial charge in [-0.05, 0) is 61.0 Å². The normalized spacial score (nSPS) is 10.8. The number of carbonyl (C=O) groups excluding carboxylic acids is 1. The quantitative estimate of drug-likeness (QED) is 0.522. The van der Waals surface area contributed by atoms with Crippen molar-refractivity contribution in [3.8, 4) is 22.8 Å². The second kappa shape index (κ2) is 7.87. The average molecular weight is 405 g/mol. The van der Waals surface area contributed by atoms with Gasteiger partial charge in [-0.15, -0.1) is 0 Å². The Kier molecular flexibility index (Phi) is 5.10. The van der Waals surface area contributed by atoms with Gasteiger partial charge in [0.25, 0.3) is 5.91 Å². The Balaban J connectivity index is 1.81. The first-order chi connectivity index (χ1) is 14.5. The fourth-order valence-electron chi connectivity index (χ4n) is 3.19. The lowest BCUT2D eigenvalue weighted by molar-refractivity contribution is 0.102. The van der Waals surface area contributed by atoms with Crippen LogP contribution in [0.3, 0.4) is 0 Å². The summed E-state index contributed by atoms with van der Waals surface area (Å²) in [5.74, 6) is 0.813. The van der Waals surface area contributed by atoms with E-state index in [9.17, 15) is 9.18 Å². The highest BCUT2D eigenvalue weighted by Gasteiger charge is 2.18. The Morgan fingerprint density at radius 1 is 1.00 bits per heavy atom. The summed E-state index contributed by atoms with van der Waals surface area (Å²) < 4.78 is 25.7. The lowest BCUT2D eigenvalue weighted by atomic mass is 10.1. The number of carbonyl (C=O) groups is 1. The third kappa shape index (κ3) is 3.69. The maximum atomic E-state index is 13.4. The highest BCUT2D eigenvalue weighted by atomic mass is 19.1. The molecule has 1 N–H and O–H groups in total. The van der Waals surface area contributed by atoms with E-state index >= 15 is 0 Å². The predicted octanol–water partition coefficient (Wildman–Crippen LogP) is 4.72. The minimum Gasteiger partial charge on any atom is -0.497 e. The van der Waals surface area contributed by atoms with E-state index in [1.165, 1.54) is 26.4 Å². The number of imidazole rings is 1. The van der Waals surface area contributed by atoms with Crippen LogP contribution in [0.4, 0.5) is 10.2 Å². The summed E-state index contributed by atoms with van der Waals surface area (Å²) >= 11 is 0. The zero-order chi connectivity index (χ0) is 21.3. The van der Waals surface area contributed by atoms with Crippen LogP contribution in [0.2, 0.25) is 0 Å². The van der Waals surface area contributed by atoms with Crippen molar-refractivity contribution in [3.63, 3.8) is 0 Å². The first-order valence-electron chi connectivity index (χ1n) is 9.27. The molecule has 0 aliphatic carbocycles. The molecule has 2 aromatic heterocycles. The van der Waals surface area contributed by atoms with E-state index in [1.807, 2.05) is 25.3 Å². The smallest absolute Gasteiger partial charge is 0.257 e. The number of anilines is 1. The summed E-state index contributed by atoms with van der Waals surface area (Å²) in [5.41, 5.74) is 3.32. The monoisotopic (exact) mass is 405 g/mol. The van der Waals surface area contributed by atoms with Crippen LogP contribution >= 0.6 is 0 Å². The van der Waals surface area contributed by atoms with Gasteiger partial charge in [0.2, 0.25) is 0 Å². The summed E-state index contributed by atoms with van der Waals surface area (Å²) in [6.45, 7) is 1.97. The Morgan fingerprint density at radius 2 is 1.67 bits per heavy atom. The number of benzene rings is 2. The van der Waals surface area contributed by atoms with Crippen molar-refractivity contribution in [2.45, 2.75) is 6.92 Å². The summed E-state index contributed by atoms with van der Waals surface area (Å²) in [6.07, 6.45) is 1.84. The zero-order valence-electron chi connectivity index (χ0n) is 16.8. The van der Waals surface area contributed by atoms with Crippen LogP contribution in [0.25, 0.3) is 16.9 Å². The lowest BCUT2D eigenvalue weighted by Gasteiger charge is -2.11.